The second-order valence-corrected chi connectivity index (χ2v) is 7.37. The Morgan fingerprint density at radius 3 is 2.71 bits per heavy atom. The van der Waals surface area contributed by atoms with Gasteiger partial charge in [0.05, 0.1) is 16.6 Å². The topological polar surface area (TPSA) is 126 Å². The molecule has 4 aromatic rings. The fourth-order valence-electron chi connectivity index (χ4n) is 2.88. The van der Waals surface area contributed by atoms with Crippen molar-refractivity contribution in [3.63, 3.8) is 0 Å². The van der Waals surface area contributed by atoms with Crippen LogP contribution in [-0.2, 0) is 4.79 Å². The zero-order valence-corrected chi connectivity index (χ0v) is 17.1. The van der Waals surface area contributed by atoms with E-state index in [-0.39, 0.29) is 22.8 Å². The van der Waals surface area contributed by atoms with Crippen LogP contribution in [0, 0.1) is 10.1 Å². The van der Waals surface area contributed by atoms with Gasteiger partial charge in [-0.1, -0.05) is 29.5 Å². The summed E-state index contributed by atoms with van der Waals surface area (Å²) >= 11 is 1.13. The van der Waals surface area contributed by atoms with Gasteiger partial charge in [0.1, 0.15) is 0 Å². The van der Waals surface area contributed by atoms with Crippen LogP contribution in [0.2, 0.25) is 0 Å². The minimum atomic E-state index is -0.505. The molecule has 2 heterocycles. The summed E-state index contributed by atoms with van der Waals surface area (Å²) in [4.78, 5) is 39.1. The van der Waals surface area contributed by atoms with Gasteiger partial charge < -0.3 is 9.47 Å². The molecule has 0 spiro atoms. The molecule has 0 unspecified atom stereocenters. The van der Waals surface area contributed by atoms with Crippen molar-refractivity contribution in [2.24, 2.45) is 0 Å². The Labute approximate surface area is 178 Å². The van der Waals surface area contributed by atoms with Gasteiger partial charge in [0, 0.05) is 24.6 Å². The average molecular weight is 438 g/mol. The molecule has 4 rings (SSSR count). The normalized spacial score (nSPS) is 11.6. The van der Waals surface area contributed by atoms with Crippen LogP contribution < -0.4 is 19.6 Å². The van der Waals surface area contributed by atoms with Crippen molar-refractivity contribution in [1.82, 2.24) is 14.6 Å². The summed E-state index contributed by atoms with van der Waals surface area (Å²) in [6.07, 6.45) is 1.65. The highest BCUT2D eigenvalue weighted by Crippen LogP contribution is 2.28. The summed E-state index contributed by atoms with van der Waals surface area (Å²) in [5.41, 5.74) is 0.652. The Bertz CT molecular complexity index is 1440. The lowest BCUT2D eigenvalue weighted by molar-refractivity contribution is -0.384. The first-order chi connectivity index (χ1) is 14.9. The van der Waals surface area contributed by atoms with Crippen molar-refractivity contribution in [3.05, 3.63) is 73.0 Å². The number of rotatable bonds is 5. The standard InChI is InChI=1S/C20H14N4O6S/c1-11(25)30-15-7-6-12(8-16(15)29-2)9-17-19(26)23-20(31-17)21-18(22-23)13-4-3-5-14(10-13)24(27)28/h3-10H,1-2H3. The number of nitro benzene ring substituents is 1. The van der Waals surface area contributed by atoms with Gasteiger partial charge in [0.15, 0.2) is 17.3 Å². The Kier molecular flexibility index (Phi) is 5.17. The SMILES string of the molecule is COc1cc(C=c2sc3nc(-c4cccc([N+](=O)[O-])c4)nn3c2=O)ccc1OC(C)=O. The minimum Gasteiger partial charge on any atom is -0.493 e. The third-order valence-electron chi connectivity index (χ3n) is 4.24. The number of ether oxygens (including phenoxy) is 2. The van der Waals surface area contributed by atoms with Gasteiger partial charge >= 0.3 is 5.97 Å². The third-order valence-corrected chi connectivity index (χ3v) is 5.20. The van der Waals surface area contributed by atoms with Gasteiger partial charge in [-0.05, 0) is 23.8 Å². The van der Waals surface area contributed by atoms with Crippen molar-refractivity contribution < 1.29 is 19.2 Å². The van der Waals surface area contributed by atoms with Gasteiger partial charge in [-0.25, -0.2) is 0 Å². The molecule has 0 radical (unpaired) electrons. The molecule has 0 saturated carbocycles. The number of hydrogen-bond donors (Lipinski definition) is 0. The second-order valence-electron chi connectivity index (χ2n) is 6.36. The average Bonchev–Trinajstić information content (AvgIpc) is 3.28. The summed E-state index contributed by atoms with van der Waals surface area (Å²) in [5, 5.41) is 15.2. The van der Waals surface area contributed by atoms with Crippen molar-refractivity contribution in [3.8, 4) is 22.9 Å². The maximum atomic E-state index is 12.8. The van der Waals surface area contributed by atoms with Crippen LogP contribution in [0.5, 0.6) is 11.5 Å². The lowest BCUT2D eigenvalue weighted by Crippen LogP contribution is -2.23. The zero-order chi connectivity index (χ0) is 22.1. The predicted octanol–water partition coefficient (Wildman–Crippen LogP) is 2.21. The van der Waals surface area contributed by atoms with E-state index in [0.717, 1.165) is 15.9 Å². The molecule has 0 aliphatic heterocycles. The molecule has 10 nitrogen and oxygen atoms in total. The highest BCUT2D eigenvalue weighted by molar-refractivity contribution is 7.15. The van der Waals surface area contributed by atoms with E-state index in [1.165, 1.54) is 32.2 Å². The van der Waals surface area contributed by atoms with Crippen LogP contribution >= 0.6 is 11.3 Å². The summed E-state index contributed by atoms with van der Waals surface area (Å²) in [5.74, 6) is 0.385. The van der Waals surface area contributed by atoms with Crippen molar-refractivity contribution in [2.45, 2.75) is 6.92 Å². The molecule has 0 saturated heterocycles. The highest BCUT2D eigenvalue weighted by Gasteiger charge is 2.15. The van der Waals surface area contributed by atoms with E-state index >= 15 is 0 Å². The molecule has 0 atom stereocenters. The Hall–Kier alpha value is -4.12. The number of aromatic nitrogens is 3. The molecule has 0 N–H and O–H groups in total. The summed E-state index contributed by atoms with van der Waals surface area (Å²) in [7, 11) is 1.45. The van der Waals surface area contributed by atoms with Crippen LogP contribution in [0.3, 0.4) is 0 Å². The van der Waals surface area contributed by atoms with E-state index < -0.39 is 10.9 Å². The number of non-ortho nitro benzene ring substituents is 1. The first-order valence-corrected chi connectivity index (χ1v) is 9.70. The van der Waals surface area contributed by atoms with E-state index in [1.807, 2.05) is 0 Å². The fraction of sp³-hybridized carbons (Fsp3) is 0.100. The number of carbonyl (C=O) groups is 1. The Balaban J connectivity index is 1.73. The zero-order valence-electron chi connectivity index (χ0n) is 16.3. The first kappa shape index (κ1) is 20.2. The van der Waals surface area contributed by atoms with Crippen molar-refractivity contribution >= 4 is 34.0 Å². The molecular weight excluding hydrogens is 424 g/mol. The number of thiazole rings is 1. The predicted molar refractivity (Wildman–Crippen MR) is 112 cm³/mol. The Morgan fingerprint density at radius 2 is 2.03 bits per heavy atom. The number of nitro groups is 1. The minimum absolute atomic E-state index is 0.0850. The molecule has 0 aliphatic carbocycles. The number of fused-ring (bicyclic) bond motifs is 1. The third kappa shape index (κ3) is 3.98. The van der Waals surface area contributed by atoms with Crippen LogP contribution in [0.25, 0.3) is 22.4 Å². The smallest absolute Gasteiger partial charge is 0.308 e. The molecule has 156 valence electrons. The van der Waals surface area contributed by atoms with Crippen LogP contribution in [-0.4, -0.2) is 32.6 Å². The number of hydrogen-bond acceptors (Lipinski definition) is 9. The molecule has 0 amide bonds. The van der Waals surface area contributed by atoms with E-state index in [4.69, 9.17) is 9.47 Å². The largest absolute Gasteiger partial charge is 0.493 e. The Morgan fingerprint density at radius 1 is 1.23 bits per heavy atom. The fourth-order valence-corrected chi connectivity index (χ4v) is 3.79. The van der Waals surface area contributed by atoms with Crippen LogP contribution in [0.1, 0.15) is 12.5 Å². The molecule has 0 bridgehead atoms. The second kappa shape index (κ2) is 7.95. The van der Waals surface area contributed by atoms with E-state index in [1.54, 1.807) is 30.3 Å². The number of esters is 1. The summed E-state index contributed by atoms with van der Waals surface area (Å²) in [6.45, 7) is 1.29. The number of benzene rings is 2. The monoisotopic (exact) mass is 438 g/mol. The summed E-state index contributed by atoms with van der Waals surface area (Å²) < 4.78 is 11.9. The molecule has 31 heavy (non-hydrogen) atoms. The van der Waals surface area contributed by atoms with Crippen molar-refractivity contribution in [1.29, 1.82) is 0 Å². The van der Waals surface area contributed by atoms with Gasteiger partial charge in [-0.2, -0.15) is 9.50 Å². The molecule has 0 fully saturated rings. The maximum Gasteiger partial charge on any atom is 0.308 e. The van der Waals surface area contributed by atoms with E-state index in [2.05, 4.69) is 10.1 Å². The number of nitrogens with zero attached hydrogens (tertiary/aromatic N) is 4. The number of carbonyl (C=O) groups excluding carboxylic acids is 1. The lowest BCUT2D eigenvalue weighted by atomic mass is 10.2. The van der Waals surface area contributed by atoms with Crippen LogP contribution in [0.15, 0.2) is 47.3 Å². The quantitative estimate of drug-likeness (QED) is 0.201. The van der Waals surface area contributed by atoms with Crippen molar-refractivity contribution in [2.75, 3.05) is 7.11 Å². The van der Waals surface area contributed by atoms with Gasteiger partial charge in [-0.3, -0.25) is 19.7 Å². The van der Waals surface area contributed by atoms with Gasteiger partial charge in [0.2, 0.25) is 4.96 Å². The molecule has 11 heteroatoms. The molecule has 2 aromatic carbocycles. The van der Waals surface area contributed by atoms with Gasteiger partial charge in [-0.15, -0.1) is 5.10 Å². The van der Waals surface area contributed by atoms with E-state index in [9.17, 15) is 19.7 Å². The number of methoxy groups -OCH3 is 1. The van der Waals surface area contributed by atoms with Crippen LogP contribution in [0.4, 0.5) is 5.69 Å². The lowest BCUT2D eigenvalue weighted by Gasteiger charge is -2.08. The molecule has 2 aromatic heterocycles. The maximum absolute atomic E-state index is 12.8. The first-order valence-electron chi connectivity index (χ1n) is 8.88. The summed E-state index contributed by atoms with van der Waals surface area (Å²) in [6, 6.07) is 10.8. The van der Waals surface area contributed by atoms with E-state index in [0.29, 0.717) is 26.4 Å². The molecule has 0 aliphatic rings. The van der Waals surface area contributed by atoms with Gasteiger partial charge in [0.25, 0.3) is 11.2 Å². The highest BCUT2D eigenvalue weighted by atomic mass is 32.1. The molecular formula is C20H14N4O6S.